The standard InChI is InChI=1S/C21H20F3N3O3S/c1-13-16(17-10-14(22)2-5-20(17)25-13)12-21(28)26-6-8-27(9-7-26)31(29,30)15-3-4-18(23)19(24)11-15/h2-5,10-11,25H,6-9,12H2,1H3. The summed E-state index contributed by atoms with van der Waals surface area (Å²) >= 11 is 0. The first kappa shape index (κ1) is 21.4. The van der Waals surface area contributed by atoms with E-state index < -0.39 is 27.5 Å². The van der Waals surface area contributed by atoms with Crippen molar-refractivity contribution in [3.05, 3.63) is 65.1 Å². The molecule has 164 valence electrons. The quantitative estimate of drug-likeness (QED) is 0.663. The third-order valence-corrected chi connectivity index (χ3v) is 7.42. The van der Waals surface area contributed by atoms with Gasteiger partial charge in [-0.2, -0.15) is 4.31 Å². The number of sulfonamides is 1. The van der Waals surface area contributed by atoms with Crippen LogP contribution in [0.4, 0.5) is 13.2 Å². The fourth-order valence-electron chi connectivity index (χ4n) is 3.81. The molecule has 10 heteroatoms. The fourth-order valence-corrected chi connectivity index (χ4v) is 5.24. The number of aromatic nitrogens is 1. The van der Waals surface area contributed by atoms with E-state index in [9.17, 15) is 26.4 Å². The van der Waals surface area contributed by atoms with Gasteiger partial charge >= 0.3 is 0 Å². The van der Waals surface area contributed by atoms with Crippen molar-refractivity contribution < 1.29 is 26.4 Å². The zero-order valence-corrected chi connectivity index (χ0v) is 17.5. The van der Waals surface area contributed by atoms with Gasteiger partial charge in [-0.15, -0.1) is 0 Å². The maximum Gasteiger partial charge on any atom is 0.243 e. The number of hydrogen-bond acceptors (Lipinski definition) is 3. The van der Waals surface area contributed by atoms with E-state index in [2.05, 4.69) is 4.98 Å². The van der Waals surface area contributed by atoms with Gasteiger partial charge in [-0.3, -0.25) is 4.79 Å². The van der Waals surface area contributed by atoms with Gasteiger partial charge in [0.05, 0.1) is 11.3 Å². The van der Waals surface area contributed by atoms with Crippen molar-refractivity contribution in [2.24, 2.45) is 0 Å². The highest BCUT2D eigenvalue weighted by atomic mass is 32.2. The summed E-state index contributed by atoms with van der Waals surface area (Å²) in [6.45, 7) is 2.21. The van der Waals surface area contributed by atoms with Gasteiger partial charge in [0.2, 0.25) is 15.9 Å². The number of nitrogens with zero attached hydrogens (tertiary/aromatic N) is 2. The predicted molar refractivity (Wildman–Crippen MR) is 108 cm³/mol. The second kappa shape index (κ2) is 8.01. The molecule has 0 atom stereocenters. The first-order valence-electron chi connectivity index (χ1n) is 9.66. The Balaban J connectivity index is 1.45. The van der Waals surface area contributed by atoms with Gasteiger partial charge in [0.1, 0.15) is 5.82 Å². The van der Waals surface area contributed by atoms with Crippen molar-refractivity contribution >= 4 is 26.8 Å². The number of aryl methyl sites for hydroxylation is 1. The zero-order valence-electron chi connectivity index (χ0n) is 16.7. The normalized spacial score (nSPS) is 15.5. The van der Waals surface area contributed by atoms with Crippen molar-refractivity contribution in [2.45, 2.75) is 18.2 Å². The number of nitrogens with one attached hydrogen (secondary N) is 1. The second-order valence-corrected chi connectivity index (χ2v) is 9.39. The van der Waals surface area contributed by atoms with E-state index in [1.54, 1.807) is 11.0 Å². The molecule has 0 radical (unpaired) electrons. The minimum absolute atomic E-state index is 0.0363. The molecule has 31 heavy (non-hydrogen) atoms. The summed E-state index contributed by atoms with van der Waals surface area (Å²) in [5, 5.41) is 0.644. The number of piperazine rings is 1. The average Bonchev–Trinajstić information content (AvgIpc) is 3.04. The minimum atomic E-state index is -4.00. The molecule has 1 aliphatic heterocycles. The SMILES string of the molecule is Cc1[nH]c2ccc(F)cc2c1CC(=O)N1CCN(S(=O)(=O)c2ccc(F)c(F)c2)CC1. The largest absolute Gasteiger partial charge is 0.358 e. The zero-order chi connectivity index (χ0) is 22.3. The monoisotopic (exact) mass is 451 g/mol. The van der Waals surface area contributed by atoms with Crippen LogP contribution in [0.1, 0.15) is 11.3 Å². The van der Waals surface area contributed by atoms with Crippen LogP contribution >= 0.6 is 0 Å². The van der Waals surface area contributed by atoms with E-state index in [1.807, 2.05) is 6.92 Å². The number of carbonyl (C=O) groups is 1. The first-order chi connectivity index (χ1) is 14.7. The lowest BCUT2D eigenvalue weighted by Crippen LogP contribution is -2.50. The van der Waals surface area contributed by atoms with Gasteiger partial charge in [0.25, 0.3) is 0 Å². The van der Waals surface area contributed by atoms with Gasteiger partial charge in [-0.1, -0.05) is 0 Å². The Labute approximate surface area is 177 Å². The Morgan fingerprint density at radius 1 is 1.00 bits per heavy atom. The van der Waals surface area contributed by atoms with Crippen LogP contribution in [0.15, 0.2) is 41.3 Å². The molecule has 6 nitrogen and oxygen atoms in total. The summed E-state index contributed by atoms with van der Waals surface area (Å²) in [5.74, 6) is -2.95. The predicted octanol–water partition coefficient (Wildman–Crippen LogP) is 2.97. The highest BCUT2D eigenvalue weighted by molar-refractivity contribution is 7.89. The summed E-state index contributed by atoms with van der Waals surface area (Å²) < 4.78 is 66.8. The van der Waals surface area contributed by atoms with Crippen LogP contribution in [0.2, 0.25) is 0 Å². The number of amides is 1. The Kier molecular flexibility index (Phi) is 5.52. The lowest BCUT2D eigenvalue weighted by Gasteiger charge is -2.34. The van der Waals surface area contributed by atoms with Gasteiger partial charge in [0, 0.05) is 42.8 Å². The van der Waals surface area contributed by atoms with Gasteiger partial charge in [-0.05, 0) is 48.9 Å². The maximum absolute atomic E-state index is 13.6. The molecule has 2 aromatic carbocycles. The molecule has 1 saturated heterocycles. The molecular formula is C21H20F3N3O3S. The van der Waals surface area contributed by atoms with E-state index in [4.69, 9.17) is 0 Å². The van der Waals surface area contributed by atoms with E-state index in [0.717, 1.165) is 27.6 Å². The van der Waals surface area contributed by atoms with Crippen LogP contribution in [-0.2, 0) is 21.2 Å². The van der Waals surface area contributed by atoms with E-state index in [0.29, 0.717) is 17.0 Å². The second-order valence-electron chi connectivity index (χ2n) is 7.46. The summed E-state index contributed by atoms with van der Waals surface area (Å²) in [5.41, 5.74) is 2.22. The van der Waals surface area contributed by atoms with E-state index in [1.165, 1.54) is 12.1 Å². The van der Waals surface area contributed by atoms with Crippen molar-refractivity contribution in [2.75, 3.05) is 26.2 Å². The van der Waals surface area contributed by atoms with Gasteiger partial charge < -0.3 is 9.88 Å². The number of aromatic amines is 1. The Morgan fingerprint density at radius 2 is 1.71 bits per heavy atom. The number of fused-ring (bicyclic) bond motifs is 1. The Hall–Kier alpha value is -2.85. The summed E-state index contributed by atoms with van der Waals surface area (Å²) in [4.78, 5) is 17.2. The molecular weight excluding hydrogens is 431 g/mol. The number of halogens is 3. The third-order valence-electron chi connectivity index (χ3n) is 5.53. The summed E-state index contributed by atoms with van der Waals surface area (Å²) in [6, 6.07) is 6.79. The molecule has 1 fully saturated rings. The van der Waals surface area contributed by atoms with Gasteiger partial charge in [-0.25, -0.2) is 21.6 Å². The average molecular weight is 451 g/mol. The van der Waals surface area contributed by atoms with Gasteiger partial charge in [0.15, 0.2) is 11.6 Å². The number of benzene rings is 2. The molecule has 1 N–H and O–H groups in total. The lowest BCUT2D eigenvalue weighted by atomic mass is 10.1. The molecule has 0 aliphatic carbocycles. The number of carbonyl (C=O) groups excluding carboxylic acids is 1. The van der Waals surface area contributed by atoms with Crippen LogP contribution in [0.25, 0.3) is 10.9 Å². The number of H-pyrrole nitrogens is 1. The Morgan fingerprint density at radius 3 is 2.39 bits per heavy atom. The van der Waals surface area contributed by atoms with Crippen LogP contribution in [-0.4, -0.2) is 54.7 Å². The fraction of sp³-hybridized carbons (Fsp3) is 0.286. The molecule has 0 saturated carbocycles. The highest BCUT2D eigenvalue weighted by Crippen LogP contribution is 2.25. The third kappa shape index (κ3) is 4.05. The molecule has 0 spiro atoms. The van der Waals surface area contributed by atoms with Crippen LogP contribution < -0.4 is 0 Å². The Bertz CT molecular complexity index is 1270. The van der Waals surface area contributed by atoms with E-state index in [-0.39, 0.29) is 43.4 Å². The molecule has 0 unspecified atom stereocenters. The van der Waals surface area contributed by atoms with Crippen LogP contribution in [0, 0.1) is 24.4 Å². The van der Waals surface area contributed by atoms with Crippen LogP contribution in [0.5, 0.6) is 0 Å². The molecule has 4 rings (SSSR count). The van der Waals surface area contributed by atoms with E-state index >= 15 is 0 Å². The van der Waals surface area contributed by atoms with Crippen LogP contribution in [0.3, 0.4) is 0 Å². The molecule has 3 aromatic rings. The van der Waals surface area contributed by atoms with Crippen molar-refractivity contribution in [3.63, 3.8) is 0 Å². The minimum Gasteiger partial charge on any atom is -0.358 e. The molecule has 1 aromatic heterocycles. The molecule has 2 heterocycles. The highest BCUT2D eigenvalue weighted by Gasteiger charge is 2.31. The number of rotatable bonds is 4. The summed E-state index contributed by atoms with van der Waals surface area (Å²) in [7, 11) is -4.00. The van der Waals surface area contributed by atoms with Crippen molar-refractivity contribution in [1.82, 2.24) is 14.2 Å². The summed E-state index contributed by atoms with van der Waals surface area (Å²) in [6.07, 6.45) is 0.0607. The molecule has 0 bridgehead atoms. The smallest absolute Gasteiger partial charge is 0.243 e. The molecule has 1 amide bonds. The maximum atomic E-state index is 13.6. The van der Waals surface area contributed by atoms with Crippen molar-refractivity contribution in [3.8, 4) is 0 Å². The van der Waals surface area contributed by atoms with Crippen molar-refractivity contribution in [1.29, 1.82) is 0 Å². The lowest BCUT2D eigenvalue weighted by molar-refractivity contribution is -0.131. The number of hydrogen-bond donors (Lipinski definition) is 1. The first-order valence-corrected chi connectivity index (χ1v) is 11.1. The molecule has 1 aliphatic rings. The topological polar surface area (TPSA) is 73.5 Å².